The van der Waals surface area contributed by atoms with Crippen LogP contribution in [0.5, 0.6) is 5.75 Å². The number of amides is 1. The van der Waals surface area contributed by atoms with Gasteiger partial charge in [0.25, 0.3) is 5.91 Å². The van der Waals surface area contributed by atoms with E-state index in [9.17, 15) is 14.9 Å². The highest BCUT2D eigenvalue weighted by Gasteiger charge is 2.19. The maximum Gasteiger partial charge on any atom is 0.311 e. The summed E-state index contributed by atoms with van der Waals surface area (Å²) in [5.74, 6) is 0.0104. The van der Waals surface area contributed by atoms with E-state index >= 15 is 0 Å². The number of nitrogens with zero attached hydrogens (tertiary/aromatic N) is 4. The Morgan fingerprint density at radius 3 is 2.80 bits per heavy atom. The lowest BCUT2D eigenvalue weighted by atomic mass is 10.1. The molecule has 9 heteroatoms. The van der Waals surface area contributed by atoms with Gasteiger partial charge in [-0.1, -0.05) is 0 Å². The number of carbonyl (C=O) groups is 1. The van der Waals surface area contributed by atoms with Crippen molar-refractivity contribution in [2.24, 2.45) is 0 Å². The van der Waals surface area contributed by atoms with E-state index < -0.39 is 10.8 Å². The van der Waals surface area contributed by atoms with Crippen molar-refractivity contribution in [3.8, 4) is 11.6 Å². The molecule has 3 rings (SSSR count). The van der Waals surface area contributed by atoms with E-state index in [0.717, 1.165) is 6.07 Å². The average Bonchev–Trinajstić information content (AvgIpc) is 3.16. The second kappa shape index (κ2) is 6.79. The fraction of sp³-hybridized carbons (Fsp3) is 0.0625. The molecule has 0 saturated carbocycles. The zero-order valence-corrected chi connectivity index (χ0v) is 13.1. The van der Waals surface area contributed by atoms with Gasteiger partial charge in [-0.25, -0.2) is 9.67 Å². The first-order valence-electron chi connectivity index (χ1n) is 7.19. The Labute approximate surface area is 142 Å². The molecule has 2 aromatic heterocycles. The topological polar surface area (TPSA) is 112 Å². The van der Waals surface area contributed by atoms with Crippen molar-refractivity contribution in [2.75, 3.05) is 12.4 Å². The monoisotopic (exact) mass is 339 g/mol. The Kier molecular flexibility index (Phi) is 4.38. The molecule has 0 aliphatic carbocycles. The Morgan fingerprint density at radius 2 is 2.12 bits per heavy atom. The predicted octanol–water partition coefficient (Wildman–Crippen LogP) is 2.44. The van der Waals surface area contributed by atoms with Crippen LogP contribution in [0.25, 0.3) is 5.82 Å². The van der Waals surface area contributed by atoms with E-state index in [1.54, 1.807) is 36.8 Å². The quantitative estimate of drug-likeness (QED) is 0.564. The van der Waals surface area contributed by atoms with E-state index in [1.807, 2.05) is 0 Å². The van der Waals surface area contributed by atoms with Gasteiger partial charge in [-0.15, -0.1) is 0 Å². The number of nitro benzene ring substituents is 1. The van der Waals surface area contributed by atoms with Gasteiger partial charge >= 0.3 is 5.69 Å². The van der Waals surface area contributed by atoms with Crippen LogP contribution >= 0.6 is 0 Å². The predicted molar refractivity (Wildman–Crippen MR) is 89.0 cm³/mol. The number of anilines is 1. The number of pyridine rings is 1. The van der Waals surface area contributed by atoms with E-state index in [4.69, 9.17) is 4.74 Å². The van der Waals surface area contributed by atoms with Gasteiger partial charge in [-0.3, -0.25) is 14.9 Å². The summed E-state index contributed by atoms with van der Waals surface area (Å²) in [4.78, 5) is 27.2. The summed E-state index contributed by atoms with van der Waals surface area (Å²) in [5, 5.41) is 17.9. The van der Waals surface area contributed by atoms with Crippen LogP contribution in [0.4, 0.5) is 11.4 Å². The highest BCUT2D eigenvalue weighted by molar-refractivity contribution is 6.05. The van der Waals surface area contributed by atoms with Crippen molar-refractivity contribution in [1.82, 2.24) is 14.8 Å². The number of methoxy groups -OCH3 is 1. The second-order valence-electron chi connectivity index (χ2n) is 4.92. The van der Waals surface area contributed by atoms with Crippen molar-refractivity contribution in [2.45, 2.75) is 0 Å². The van der Waals surface area contributed by atoms with Crippen molar-refractivity contribution in [3.05, 3.63) is 70.7 Å². The van der Waals surface area contributed by atoms with Gasteiger partial charge in [-0.2, -0.15) is 5.10 Å². The minimum Gasteiger partial charge on any atom is -0.490 e. The summed E-state index contributed by atoms with van der Waals surface area (Å²) < 4.78 is 6.44. The molecule has 0 radical (unpaired) electrons. The fourth-order valence-electron chi connectivity index (χ4n) is 2.24. The lowest BCUT2D eigenvalue weighted by Crippen LogP contribution is -2.15. The zero-order chi connectivity index (χ0) is 17.8. The molecule has 0 fully saturated rings. The maximum atomic E-state index is 12.5. The van der Waals surface area contributed by atoms with E-state index in [2.05, 4.69) is 15.4 Å². The summed E-state index contributed by atoms with van der Waals surface area (Å²) >= 11 is 0. The van der Waals surface area contributed by atoms with Crippen LogP contribution in [0.1, 0.15) is 10.4 Å². The number of hydrogen-bond acceptors (Lipinski definition) is 6. The third-order valence-electron chi connectivity index (χ3n) is 3.39. The summed E-state index contributed by atoms with van der Waals surface area (Å²) in [6.45, 7) is 0. The van der Waals surface area contributed by atoms with E-state index in [1.165, 1.54) is 23.9 Å². The lowest BCUT2D eigenvalue weighted by Gasteiger charge is -2.10. The fourth-order valence-corrected chi connectivity index (χ4v) is 2.24. The number of ether oxygens (including phenoxy) is 1. The molecule has 0 unspecified atom stereocenters. The van der Waals surface area contributed by atoms with Gasteiger partial charge in [0.05, 0.1) is 17.7 Å². The van der Waals surface area contributed by atoms with Gasteiger partial charge in [0.15, 0.2) is 11.6 Å². The number of rotatable bonds is 5. The number of nitrogens with one attached hydrogen (secondary N) is 1. The smallest absolute Gasteiger partial charge is 0.311 e. The largest absolute Gasteiger partial charge is 0.490 e. The molecule has 3 aromatic rings. The molecule has 0 spiro atoms. The lowest BCUT2D eigenvalue weighted by molar-refractivity contribution is -0.385. The molecular weight excluding hydrogens is 326 g/mol. The number of aromatic nitrogens is 3. The first kappa shape index (κ1) is 16.1. The molecule has 0 saturated heterocycles. The van der Waals surface area contributed by atoms with Crippen LogP contribution in [0.15, 0.2) is 55.0 Å². The normalized spacial score (nSPS) is 10.3. The summed E-state index contributed by atoms with van der Waals surface area (Å²) in [6, 6.07) is 9.06. The highest BCUT2D eigenvalue weighted by atomic mass is 16.6. The molecule has 2 heterocycles. The molecule has 1 N–H and O–H groups in total. The number of benzene rings is 1. The minimum atomic E-state index is -0.602. The van der Waals surface area contributed by atoms with Gasteiger partial charge < -0.3 is 10.1 Å². The second-order valence-corrected chi connectivity index (χ2v) is 4.92. The molecule has 1 amide bonds. The van der Waals surface area contributed by atoms with Gasteiger partial charge in [0.1, 0.15) is 0 Å². The zero-order valence-electron chi connectivity index (χ0n) is 13.1. The van der Waals surface area contributed by atoms with E-state index in [0.29, 0.717) is 11.5 Å². The van der Waals surface area contributed by atoms with Crippen LogP contribution in [-0.2, 0) is 0 Å². The number of carbonyl (C=O) groups excluding carboxylic acids is 1. The molecule has 25 heavy (non-hydrogen) atoms. The molecular formula is C16H13N5O4. The Morgan fingerprint density at radius 1 is 1.28 bits per heavy atom. The molecule has 0 aliphatic rings. The molecule has 1 aromatic carbocycles. The van der Waals surface area contributed by atoms with Crippen molar-refractivity contribution >= 4 is 17.3 Å². The molecule has 0 atom stereocenters. The van der Waals surface area contributed by atoms with Crippen molar-refractivity contribution in [1.29, 1.82) is 0 Å². The van der Waals surface area contributed by atoms with Gasteiger partial charge in [0, 0.05) is 30.2 Å². The molecule has 0 bridgehead atoms. The Balaban J connectivity index is 1.91. The van der Waals surface area contributed by atoms with Crippen LogP contribution in [0.3, 0.4) is 0 Å². The van der Waals surface area contributed by atoms with Crippen molar-refractivity contribution in [3.63, 3.8) is 0 Å². The minimum absolute atomic E-state index is 0.0835. The summed E-state index contributed by atoms with van der Waals surface area (Å²) in [7, 11) is 1.33. The summed E-state index contributed by atoms with van der Waals surface area (Å²) in [6.07, 6.45) is 4.86. The summed E-state index contributed by atoms with van der Waals surface area (Å²) in [5.41, 5.74) is 0.270. The first-order chi connectivity index (χ1) is 12.1. The third-order valence-corrected chi connectivity index (χ3v) is 3.39. The molecule has 126 valence electrons. The molecule has 9 nitrogen and oxygen atoms in total. The number of nitro groups is 1. The maximum absolute atomic E-state index is 12.5. The first-order valence-corrected chi connectivity index (χ1v) is 7.19. The average molecular weight is 339 g/mol. The van der Waals surface area contributed by atoms with Crippen molar-refractivity contribution < 1.29 is 14.5 Å². The number of hydrogen-bond donors (Lipinski definition) is 1. The van der Waals surface area contributed by atoms with Gasteiger partial charge in [0.2, 0.25) is 0 Å². The van der Waals surface area contributed by atoms with Crippen LogP contribution in [0.2, 0.25) is 0 Å². The third kappa shape index (κ3) is 3.29. The highest BCUT2D eigenvalue weighted by Crippen LogP contribution is 2.28. The SMILES string of the molecule is COc1ccc(C(=O)Nc2cccnc2-n2cccn2)cc1[N+](=O)[O-]. The van der Waals surface area contributed by atoms with Gasteiger partial charge in [-0.05, 0) is 30.3 Å². The molecule has 0 aliphatic heterocycles. The van der Waals surface area contributed by atoms with Crippen LogP contribution < -0.4 is 10.1 Å². The van der Waals surface area contributed by atoms with Crippen LogP contribution in [0, 0.1) is 10.1 Å². The standard InChI is InChI=1S/C16H13N5O4/c1-25-14-6-5-11(10-13(14)21(23)24)16(22)19-12-4-2-7-17-15(12)20-9-3-8-18-20/h2-10H,1H3,(H,19,22). The Hall–Kier alpha value is -3.75. The van der Waals surface area contributed by atoms with Crippen LogP contribution in [-0.4, -0.2) is 32.7 Å². The van der Waals surface area contributed by atoms with E-state index in [-0.39, 0.29) is 17.0 Å². The Bertz CT molecular complexity index is 924.